The Bertz CT molecular complexity index is 441. The van der Waals surface area contributed by atoms with E-state index in [4.69, 9.17) is 0 Å². The van der Waals surface area contributed by atoms with E-state index in [0.717, 1.165) is 24.9 Å². The molecule has 1 aliphatic heterocycles. The quantitative estimate of drug-likeness (QED) is 0.774. The van der Waals surface area contributed by atoms with Crippen molar-refractivity contribution >= 4 is 11.6 Å². The lowest BCUT2D eigenvalue weighted by molar-refractivity contribution is -0.120. The highest BCUT2D eigenvalue weighted by molar-refractivity contribution is 5.94. The van der Waals surface area contributed by atoms with Gasteiger partial charge in [0.05, 0.1) is 0 Å². The van der Waals surface area contributed by atoms with E-state index in [1.54, 1.807) is 0 Å². The van der Waals surface area contributed by atoms with Gasteiger partial charge < -0.3 is 5.32 Å². The van der Waals surface area contributed by atoms with Gasteiger partial charge in [0.1, 0.15) is 0 Å². The molecule has 0 aliphatic carbocycles. The number of carbonyl (C=O) groups is 1. The summed E-state index contributed by atoms with van der Waals surface area (Å²) >= 11 is 0. The lowest BCUT2D eigenvalue weighted by atomic mass is 9.85. The van der Waals surface area contributed by atoms with Crippen LogP contribution in [0.15, 0.2) is 24.3 Å². The van der Waals surface area contributed by atoms with Crippen LogP contribution in [-0.2, 0) is 11.2 Å². The molecule has 1 aromatic rings. The Morgan fingerprint density at radius 3 is 2.65 bits per heavy atom. The highest BCUT2D eigenvalue weighted by Crippen LogP contribution is 2.30. The first-order valence-corrected chi connectivity index (χ1v) is 8.13. The van der Waals surface area contributed by atoms with Crippen molar-refractivity contribution in [3.63, 3.8) is 0 Å². The first-order valence-electron chi connectivity index (χ1n) is 8.13. The van der Waals surface area contributed by atoms with Crippen molar-refractivity contribution in [2.24, 2.45) is 11.8 Å². The second-order valence-corrected chi connectivity index (χ2v) is 6.06. The molecule has 1 aliphatic rings. The second-order valence-electron chi connectivity index (χ2n) is 6.06. The molecule has 1 unspecified atom stereocenters. The Labute approximate surface area is 124 Å². The zero-order valence-electron chi connectivity index (χ0n) is 12.8. The van der Waals surface area contributed by atoms with Crippen LogP contribution in [0.2, 0.25) is 0 Å². The summed E-state index contributed by atoms with van der Waals surface area (Å²) in [5, 5.41) is 3.12. The maximum absolute atomic E-state index is 12.4. The van der Waals surface area contributed by atoms with E-state index in [-0.39, 0.29) is 13.3 Å². The minimum Gasteiger partial charge on any atom is -0.326 e. The molecule has 0 radical (unpaired) electrons. The maximum Gasteiger partial charge on any atom is 0.227 e. The third kappa shape index (κ3) is 3.84. The molecule has 1 amide bonds. The molecule has 2 rings (SSSR count). The number of nitrogens with one attached hydrogen (secondary N) is 1. The number of anilines is 1. The monoisotopic (exact) mass is 275 g/mol. The summed E-state index contributed by atoms with van der Waals surface area (Å²) in [5.41, 5.74) is 2.30. The zero-order chi connectivity index (χ0) is 14.4. The van der Waals surface area contributed by atoms with Crippen LogP contribution in [0.4, 0.5) is 5.69 Å². The fraction of sp³-hybridized carbons (Fsp3) is 0.611. The molecule has 112 valence electrons. The lowest BCUT2D eigenvalue weighted by Crippen LogP contribution is -2.23. The first-order chi connectivity index (χ1) is 9.74. The average molecular weight is 275 g/mol. The van der Waals surface area contributed by atoms with Crippen molar-refractivity contribution in [2.45, 2.75) is 58.8 Å². The fourth-order valence-electron chi connectivity index (χ4n) is 3.38. The van der Waals surface area contributed by atoms with Gasteiger partial charge in [-0.05, 0) is 36.8 Å². The Balaban J connectivity index is 0.00000220. The number of rotatable bonds is 6. The van der Waals surface area contributed by atoms with Gasteiger partial charge in [0.2, 0.25) is 5.91 Å². The lowest BCUT2D eigenvalue weighted by Gasteiger charge is -2.21. The standard InChI is InChI=1S/C18H27NO.H2/c1-3-7-14(8-4-2)13-16-12-11-15-9-5-6-10-17(15)19-18(16)20;/h5-6,9-10,14,16H,3-4,7-8,11-13H2,1-2H3,(H,19,20);1H. The number of benzene rings is 1. The highest BCUT2D eigenvalue weighted by Gasteiger charge is 2.25. The number of hydrogen-bond acceptors (Lipinski definition) is 1. The molecule has 0 saturated heterocycles. The van der Waals surface area contributed by atoms with Crippen LogP contribution in [0.3, 0.4) is 0 Å². The fourth-order valence-corrected chi connectivity index (χ4v) is 3.38. The molecule has 2 heteroatoms. The van der Waals surface area contributed by atoms with Crippen LogP contribution in [0.1, 0.15) is 59.4 Å². The van der Waals surface area contributed by atoms with Gasteiger partial charge in [-0.25, -0.2) is 0 Å². The van der Waals surface area contributed by atoms with Crippen molar-refractivity contribution in [3.05, 3.63) is 29.8 Å². The van der Waals surface area contributed by atoms with Crippen molar-refractivity contribution in [1.29, 1.82) is 0 Å². The van der Waals surface area contributed by atoms with Gasteiger partial charge in [0.15, 0.2) is 0 Å². The van der Waals surface area contributed by atoms with E-state index < -0.39 is 0 Å². The van der Waals surface area contributed by atoms with E-state index >= 15 is 0 Å². The Kier molecular flexibility index (Phi) is 5.63. The molecule has 0 spiro atoms. The summed E-state index contributed by atoms with van der Waals surface area (Å²) in [7, 11) is 0. The molecule has 0 bridgehead atoms. The summed E-state index contributed by atoms with van der Waals surface area (Å²) < 4.78 is 0. The van der Waals surface area contributed by atoms with Gasteiger partial charge in [-0.1, -0.05) is 57.7 Å². The summed E-state index contributed by atoms with van der Waals surface area (Å²) in [6, 6.07) is 8.21. The average Bonchev–Trinajstić information content (AvgIpc) is 2.59. The van der Waals surface area contributed by atoms with Crippen LogP contribution in [0.25, 0.3) is 0 Å². The third-order valence-electron chi connectivity index (χ3n) is 4.42. The van der Waals surface area contributed by atoms with Crippen LogP contribution >= 0.6 is 0 Å². The number of aryl methyl sites for hydroxylation is 1. The summed E-state index contributed by atoms with van der Waals surface area (Å²) in [6.07, 6.45) is 8.02. The van der Waals surface area contributed by atoms with Crippen molar-refractivity contribution < 1.29 is 6.22 Å². The Hall–Kier alpha value is -1.31. The van der Waals surface area contributed by atoms with E-state index in [9.17, 15) is 4.79 Å². The molecule has 0 saturated carbocycles. The number of carbonyl (C=O) groups excluding carboxylic acids is 1. The molecular formula is C18H29NO. The van der Waals surface area contributed by atoms with Crippen molar-refractivity contribution in [1.82, 2.24) is 0 Å². The first kappa shape index (κ1) is 15.1. The number of amides is 1. The largest absolute Gasteiger partial charge is 0.326 e. The van der Waals surface area contributed by atoms with Gasteiger partial charge in [-0.2, -0.15) is 0 Å². The Morgan fingerprint density at radius 2 is 1.95 bits per heavy atom. The van der Waals surface area contributed by atoms with E-state index in [2.05, 4.69) is 31.3 Å². The normalized spacial score (nSPS) is 18.6. The van der Waals surface area contributed by atoms with Crippen molar-refractivity contribution in [3.8, 4) is 0 Å². The SMILES string of the molecule is CCCC(CCC)CC1CCc2ccccc2NC1=O.[HH]. The maximum atomic E-state index is 12.4. The van der Waals surface area contributed by atoms with E-state index in [1.165, 1.54) is 31.2 Å². The molecular weight excluding hydrogens is 246 g/mol. The molecule has 20 heavy (non-hydrogen) atoms. The summed E-state index contributed by atoms with van der Waals surface area (Å²) in [5.74, 6) is 1.12. The number of para-hydroxylation sites is 1. The minimum atomic E-state index is 0. The number of fused-ring (bicyclic) bond motifs is 1. The molecule has 1 heterocycles. The molecule has 0 aromatic heterocycles. The van der Waals surface area contributed by atoms with Gasteiger partial charge >= 0.3 is 0 Å². The van der Waals surface area contributed by atoms with Gasteiger partial charge in [0.25, 0.3) is 0 Å². The second kappa shape index (κ2) is 7.47. The molecule has 1 atom stereocenters. The van der Waals surface area contributed by atoms with Crippen LogP contribution in [-0.4, -0.2) is 5.91 Å². The summed E-state index contributed by atoms with van der Waals surface area (Å²) in [4.78, 5) is 12.4. The molecule has 0 fully saturated rings. The van der Waals surface area contributed by atoms with Crippen LogP contribution in [0, 0.1) is 11.8 Å². The van der Waals surface area contributed by atoms with E-state index in [0.29, 0.717) is 5.92 Å². The highest BCUT2D eigenvalue weighted by atomic mass is 16.1. The van der Waals surface area contributed by atoms with Gasteiger partial charge in [-0.3, -0.25) is 4.79 Å². The third-order valence-corrected chi connectivity index (χ3v) is 4.42. The zero-order valence-corrected chi connectivity index (χ0v) is 12.8. The number of hydrogen-bond donors (Lipinski definition) is 1. The van der Waals surface area contributed by atoms with Crippen molar-refractivity contribution in [2.75, 3.05) is 5.32 Å². The minimum absolute atomic E-state index is 0. The van der Waals surface area contributed by atoms with Gasteiger partial charge in [-0.15, -0.1) is 0 Å². The Morgan fingerprint density at radius 1 is 1.25 bits per heavy atom. The van der Waals surface area contributed by atoms with Crippen LogP contribution < -0.4 is 5.32 Å². The summed E-state index contributed by atoms with van der Waals surface area (Å²) in [6.45, 7) is 4.48. The topological polar surface area (TPSA) is 29.1 Å². The molecule has 2 nitrogen and oxygen atoms in total. The molecule has 1 aromatic carbocycles. The van der Waals surface area contributed by atoms with E-state index in [1.807, 2.05) is 12.1 Å². The predicted octanol–water partition coefficient (Wildman–Crippen LogP) is 5.04. The van der Waals surface area contributed by atoms with Crippen LogP contribution in [0.5, 0.6) is 0 Å². The predicted molar refractivity (Wildman–Crippen MR) is 86.9 cm³/mol. The smallest absolute Gasteiger partial charge is 0.227 e. The van der Waals surface area contributed by atoms with Gasteiger partial charge in [0, 0.05) is 13.0 Å². The molecule has 1 N–H and O–H groups in total.